The fraction of sp³-hybridized carbons (Fsp3) is 0.438. The average molecular weight is 257 g/mol. The van der Waals surface area contributed by atoms with Crippen molar-refractivity contribution in [2.24, 2.45) is 13.0 Å². The molecule has 0 aliphatic carbocycles. The van der Waals surface area contributed by atoms with Crippen molar-refractivity contribution in [2.75, 3.05) is 13.6 Å². The summed E-state index contributed by atoms with van der Waals surface area (Å²) in [4.78, 5) is 0. The average Bonchev–Trinajstić information content (AvgIpc) is 2.78. The topological polar surface area (TPSA) is 29.9 Å². The van der Waals surface area contributed by atoms with Crippen LogP contribution in [0.15, 0.2) is 36.5 Å². The maximum atomic E-state index is 4.48. The van der Waals surface area contributed by atoms with Gasteiger partial charge >= 0.3 is 0 Å². The molecule has 0 aliphatic rings. The molecule has 1 heterocycles. The van der Waals surface area contributed by atoms with Gasteiger partial charge in [0.1, 0.15) is 0 Å². The highest BCUT2D eigenvalue weighted by Gasteiger charge is 2.11. The Morgan fingerprint density at radius 1 is 1.16 bits per heavy atom. The van der Waals surface area contributed by atoms with E-state index in [1.807, 2.05) is 25.0 Å². The zero-order chi connectivity index (χ0) is 13.7. The first-order valence-electron chi connectivity index (χ1n) is 6.86. The van der Waals surface area contributed by atoms with Gasteiger partial charge in [-0.15, -0.1) is 0 Å². The Morgan fingerprint density at radius 3 is 2.47 bits per heavy atom. The summed E-state index contributed by atoms with van der Waals surface area (Å²) in [6, 6.07) is 10.9. The maximum Gasteiger partial charge on any atom is 0.0627 e. The van der Waals surface area contributed by atoms with Gasteiger partial charge in [-0.1, -0.05) is 29.8 Å². The van der Waals surface area contributed by atoms with Gasteiger partial charge < -0.3 is 5.32 Å². The first-order chi connectivity index (χ1) is 9.17. The standard InChI is InChI=1S/C16H23N3/c1-13-4-6-14(7-5-13)10-15(12-17-2)11-16-8-9-19(3)18-16/h4-9,15,17H,10-12H2,1-3H3. The van der Waals surface area contributed by atoms with Crippen LogP contribution in [-0.4, -0.2) is 23.4 Å². The van der Waals surface area contributed by atoms with E-state index in [0.717, 1.165) is 19.4 Å². The summed E-state index contributed by atoms with van der Waals surface area (Å²) in [5, 5.41) is 7.77. The van der Waals surface area contributed by atoms with Gasteiger partial charge in [0, 0.05) is 13.2 Å². The lowest BCUT2D eigenvalue weighted by Crippen LogP contribution is -2.23. The second-order valence-electron chi connectivity index (χ2n) is 5.30. The molecule has 0 fully saturated rings. The second-order valence-corrected chi connectivity index (χ2v) is 5.30. The molecule has 102 valence electrons. The fourth-order valence-corrected chi connectivity index (χ4v) is 2.43. The number of nitrogens with zero attached hydrogens (tertiary/aromatic N) is 2. The van der Waals surface area contributed by atoms with Crippen molar-refractivity contribution in [2.45, 2.75) is 19.8 Å². The van der Waals surface area contributed by atoms with Crippen LogP contribution in [0.2, 0.25) is 0 Å². The van der Waals surface area contributed by atoms with Gasteiger partial charge in [-0.05, 0) is 50.9 Å². The predicted molar refractivity (Wildman–Crippen MR) is 79.2 cm³/mol. The highest BCUT2D eigenvalue weighted by molar-refractivity contribution is 5.22. The Labute approximate surface area is 115 Å². The van der Waals surface area contributed by atoms with E-state index in [1.54, 1.807) is 0 Å². The third-order valence-electron chi connectivity index (χ3n) is 3.40. The molecule has 2 aromatic rings. The van der Waals surface area contributed by atoms with Crippen molar-refractivity contribution in [1.29, 1.82) is 0 Å². The minimum absolute atomic E-state index is 0.586. The lowest BCUT2D eigenvalue weighted by Gasteiger charge is -2.15. The van der Waals surface area contributed by atoms with E-state index in [9.17, 15) is 0 Å². The van der Waals surface area contributed by atoms with Crippen LogP contribution in [0.3, 0.4) is 0 Å². The normalized spacial score (nSPS) is 12.6. The SMILES string of the molecule is CNCC(Cc1ccc(C)cc1)Cc1ccn(C)n1. The number of hydrogen-bond donors (Lipinski definition) is 1. The van der Waals surface area contributed by atoms with E-state index in [2.05, 4.69) is 47.7 Å². The van der Waals surface area contributed by atoms with Gasteiger partial charge in [0.15, 0.2) is 0 Å². The van der Waals surface area contributed by atoms with E-state index in [0.29, 0.717) is 5.92 Å². The molecule has 1 atom stereocenters. The molecule has 0 saturated heterocycles. The van der Waals surface area contributed by atoms with Gasteiger partial charge in [-0.25, -0.2) is 0 Å². The minimum Gasteiger partial charge on any atom is -0.319 e. The molecule has 0 radical (unpaired) electrons. The molecule has 1 aromatic heterocycles. The Balaban J connectivity index is 2.01. The molecule has 2 rings (SSSR count). The molecule has 0 saturated carbocycles. The molecule has 19 heavy (non-hydrogen) atoms. The minimum atomic E-state index is 0.586. The molecule has 1 unspecified atom stereocenters. The molecule has 0 bridgehead atoms. The van der Waals surface area contributed by atoms with Crippen molar-refractivity contribution < 1.29 is 0 Å². The van der Waals surface area contributed by atoms with Gasteiger partial charge in [0.25, 0.3) is 0 Å². The third-order valence-corrected chi connectivity index (χ3v) is 3.40. The van der Waals surface area contributed by atoms with Gasteiger partial charge in [0.2, 0.25) is 0 Å². The number of benzene rings is 1. The molecular weight excluding hydrogens is 234 g/mol. The third kappa shape index (κ3) is 4.21. The van der Waals surface area contributed by atoms with Crippen LogP contribution in [0.4, 0.5) is 0 Å². The summed E-state index contributed by atoms with van der Waals surface area (Å²) in [6.45, 7) is 3.15. The molecule has 0 aliphatic heterocycles. The second kappa shape index (κ2) is 6.53. The zero-order valence-corrected chi connectivity index (χ0v) is 12.1. The quantitative estimate of drug-likeness (QED) is 0.861. The van der Waals surface area contributed by atoms with Gasteiger partial charge in [-0.2, -0.15) is 5.10 Å². The maximum absolute atomic E-state index is 4.48. The summed E-state index contributed by atoms with van der Waals surface area (Å²) in [5.41, 5.74) is 3.90. The van der Waals surface area contributed by atoms with E-state index in [4.69, 9.17) is 0 Å². The van der Waals surface area contributed by atoms with Crippen molar-refractivity contribution in [3.63, 3.8) is 0 Å². The predicted octanol–water partition coefficient (Wildman–Crippen LogP) is 2.35. The van der Waals surface area contributed by atoms with Crippen molar-refractivity contribution in [1.82, 2.24) is 15.1 Å². The number of aryl methyl sites for hydroxylation is 2. The Bertz CT molecular complexity index is 499. The lowest BCUT2D eigenvalue weighted by atomic mass is 9.94. The van der Waals surface area contributed by atoms with Crippen molar-refractivity contribution >= 4 is 0 Å². The largest absolute Gasteiger partial charge is 0.319 e. The van der Waals surface area contributed by atoms with Crippen molar-refractivity contribution in [3.8, 4) is 0 Å². The summed E-state index contributed by atoms with van der Waals surface area (Å²) in [6.07, 6.45) is 4.13. The summed E-state index contributed by atoms with van der Waals surface area (Å²) >= 11 is 0. The summed E-state index contributed by atoms with van der Waals surface area (Å²) < 4.78 is 1.87. The van der Waals surface area contributed by atoms with Gasteiger partial charge in [-0.3, -0.25) is 4.68 Å². The molecule has 3 nitrogen and oxygen atoms in total. The van der Waals surface area contributed by atoms with Crippen LogP contribution < -0.4 is 5.32 Å². The highest BCUT2D eigenvalue weighted by atomic mass is 15.2. The monoisotopic (exact) mass is 257 g/mol. The lowest BCUT2D eigenvalue weighted by molar-refractivity contribution is 0.485. The number of rotatable bonds is 6. The van der Waals surface area contributed by atoms with Gasteiger partial charge in [0.05, 0.1) is 5.69 Å². The molecule has 0 amide bonds. The number of hydrogen-bond acceptors (Lipinski definition) is 2. The molecular formula is C16H23N3. The summed E-state index contributed by atoms with van der Waals surface area (Å²) in [5.74, 6) is 0.586. The number of nitrogens with one attached hydrogen (secondary N) is 1. The molecule has 3 heteroatoms. The van der Waals surface area contributed by atoms with E-state index < -0.39 is 0 Å². The Kier molecular flexibility index (Phi) is 4.74. The summed E-state index contributed by atoms with van der Waals surface area (Å²) in [7, 11) is 3.98. The number of aromatic nitrogens is 2. The van der Waals surface area contributed by atoms with Crippen LogP contribution in [-0.2, 0) is 19.9 Å². The van der Waals surface area contributed by atoms with Crippen LogP contribution in [0.1, 0.15) is 16.8 Å². The Hall–Kier alpha value is -1.61. The highest BCUT2D eigenvalue weighted by Crippen LogP contribution is 2.14. The van der Waals surface area contributed by atoms with E-state index in [-0.39, 0.29) is 0 Å². The fourth-order valence-electron chi connectivity index (χ4n) is 2.43. The van der Waals surface area contributed by atoms with E-state index >= 15 is 0 Å². The van der Waals surface area contributed by atoms with Crippen LogP contribution in [0.5, 0.6) is 0 Å². The smallest absolute Gasteiger partial charge is 0.0627 e. The molecule has 1 aromatic carbocycles. The van der Waals surface area contributed by atoms with E-state index in [1.165, 1.54) is 16.8 Å². The zero-order valence-electron chi connectivity index (χ0n) is 12.1. The molecule has 1 N–H and O–H groups in total. The molecule has 0 spiro atoms. The van der Waals surface area contributed by atoms with Crippen LogP contribution in [0, 0.1) is 12.8 Å². The van der Waals surface area contributed by atoms with Crippen LogP contribution >= 0.6 is 0 Å². The first kappa shape index (κ1) is 13.8. The first-order valence-corrected chi connectivity index (χ1v) is 6.86. The van der Waals surface area contributed by atoms with Crippen molar-refractivity contribution in [3.05, 3.63) is 53.3 Å². The Morgan fingerprint density at radius 2 is 1.89 bits per heavy atom. The van der Waals surface area contributed by atoms with Crippen LogP contribution in [0.25, 0.3) is 0 Å².